The van der Waals surface area contributed by atoms with Gasteiger partial charge in [-0.25, -0.2) is 18.7 Å². The highest BCUT2D eigenvalue weighted by molar-refractivity contribution is 5.88. The molecule has 4 heterocycles. The zero-order chi connectivity index (χ0) is 22.4. The third kappa shape index (κ3) is 3.37. The molecule has 1 aromatic carbocycles. The van der Waals surface area contributed by atoms with Crippen LogP contribution in [0.2, 0.25) is 0 Å². The van der Waals surface area contributed by atoms with Gasteiger partial charge < -0.3 is 20.6 Å². The van der Waals surface area contributed by atoms with Gasteiger partial charge in [0.1, 0.15) is 23.1 Å². The van der Waals surface area contributed by atoms with Crippen molar-refractivity contribution in [1.29, 1.82) is 0 Å². The van der Waals surface area contributed by atoms with Crippen LogP contribution in [0.1, 0.15) is 0 Å². The minimum absolute atomic E-state index is 0.329. The number of hydrogen-bond donors (Lipinski definition) is 2. The summed E-state index contributed by atoms with van der Waals surface area (Å²) in [6, 6.07) is 9.83. The Labute approximate surface area is 182 Å². The van der Waals surface area contributed by atoms with Crippen molar-refractivity contribution in [2.75, 3.05) is 36.8 Å². The molecule has 0 atom stereocenters. The van der Waals surface area contributed by atoms with Gasteiger partial charge in [0.05, 0.1) is 17.5 Å². The van der Waals surface area contributed by atoms with Crippen LogP contribution in [0.25, 0.3) is 28.2 Å². The van der Waals surface area contributed by atoms with E-state index in [4.69, 9.17) is 15.9 Å². The second-order valence-corrected chi connectivity index (χ2v) is 7.62. The van der Waals surface area contributed by atoms with Crippen molar-refractivity contribution in [1.82, 2.24) is 29.3 Å². The molecule has 1 aliphatic rings. The number of anilines is 2. The van der Waals surface area contributed by atoms with Gasteiger partial charge in [-0.05, 0) is 36.4 Å². The minimum atomic E-state index is -0.924. The first-order valence-electron chi connectivity index (χ1n) is 10.1. The maximum absolute atomic E-state index is 13.6. The number of halogens is 1. The Bertz CT molecular complexity index is 1310. The van der Waals surface area contributed by atoms with Crippen molar-refractivity contribution in [2.45, 2.75) is 0 Å². The molecule has 0 unspecified atom stereocenters. The number of aromatic nitrogens is 5. The molecule has 3 aromatic heterocycles. The zero-order valence-corrected chi connectivity index (χ0v) is 17.3. The van der Waals surface area contributed by atoms with E-state index in [0.29, 0.717) is 49.0 Å². The number of piperazine rings is 1. The molecule has 11 heteroatoms. The topological polar surface area (TPSA) is 118 Å². The van der Waals surface area contributed by atoms with E-state index in [2.05, 4.69) is 9.88 Å². The van der Waals surface area contributed by atoms with Crippen LogP contribution in [-0.2, 0) is 7.05 Å². The van der Waals surface area contributed by atoms with E-state index < -0.39 is 6.09 Å². The van der Waals surface area contributed by atoms with Gasteiger partial charge in [-0.1, -0.05) is 0 Å². The molecule has 0 radical (unpaired) electrons. The Morgan fingerprint density at radius 2 is 1.78 bits per heavy atom. The SMILES string of the molecule is Cn1nc(-c2ccc(F)cc2)c(-c2ccc3nc(N)cn3n2)c1N1CCN(C(=O)O)CC1. The fraction of sp³-hybridized carbons (Fsp3) is 0.238. The summed E-state index contributed by atoms with van der Waals surface area (Å²) in [5.41, 5.74) is 9.27. The first kappa shape index (κ1) is 19.8. The van der Waals surface area contributed by atoms with Crippen molar-refractivity contribution >= 4 is 23.4 Å². The molecule has 0 aliphatic carbocycles. The minimum Gasteiger partial charge on any atom is -0.465 e. The standard InChI is InChI=1S/C21H21FN8O2/c1-27-20(28-8-10-29(11-9-28)21(31)32)18(19(26-27)13-2-4-14(22)5-3-13)15-6-7-17-24-16(23)12-30(17)25-15/h2-7,12H,8-11,23H2,1H3,(H,31,32). The van der Waals surface area contributed by atoms with E-state index in [0.717, 1.165) is 16.9 Å². The van der Waals surface area contributed by atoms with Gasteiger partial charge in [0, 0.05) is 38.8 Å². The quantitative estimate of drug-likeness (QED) is 0.506. The number of imidazole rings is 1. The van der Waals surface area contributed by atoms with Crippen molar-refractivity contribution in [2.24, 2.45) is 7.05 Å². The number of fused-ring (bicyclic) bond motifs is 1. The maximum Gasteiger partial charge on any atom is 0.407 e. The molecule has 1 fully saturated rings. The summed E-state index contributed by atoms with van der Waals surface area (Å²) >= 11 is 0. The van der Waals surface area contributed by atoms with E-state index in [1.54, 1.807) is 27.5 Å². The molecule has 5 rings (SSSR count). The molecule has 0 saturated carbocycles. The van der Waals surface area contributed by atoms with Gasteiger partial charge in [0.15, 0.2) is 5.65 Å². The van der Waals surface area contributed by atoms with Crippen LogP contribution in [0.4, 0.5) is 20.8 Å². The average molecular weight is 436 g/mol. The molecule has 1 aliphatic heterocycles. The predicted octanol–water partition coefficient (Wildman–Crippen LogP) is 2.32. The normalized spacial score (nSPS) is 14.3. The van der Waals surface area contributed by atoms with Crippen LogP contribution in [-0.4, -0.2) is 66.7 Å². The van der Waals surface area contributed by atoms with Crippen LogP contribution >= 0.6 is 0 Å². The average Bonchev–Trinajstić information content (AvgIpc) is 3.32. The molecule has 1 saturated heterocycles. The first-order valence-corrected chi connectivity index (χ1v) is 10.1. The van der Waals surface area contributed by atoms with E-state index in [-0.39, 0.29) is 5.82 Å². The van der Waals surface area contributed by atoms with Crippen LogP contribution in [0.5, 0.6) is 0 Å². The fourth-order valence-electron chi connectivity index (χ4n) is 4.07. The number of benzene rings is 1. The van der Waals surface area contributed by atoms with Gasteiger partial charge in [0.2, 0.25) is 0 Å². The largest absolute Gasteiger partial charge is 0.465 e. The van der Waals surface area contributed by atoms with Crippen molar-refractivity contribution in [3.63, 3.8) is 0 Å². The summed E-state index contributed by atoms with van der Waals surface area (Å²) in [6.45, 7) is 1.80. The van der Waals surface area contributed by atoms with Crippen molar-refractivity contribution < 1.29 is 14.3 Å². The van der Waals surface area contributed by atoms with Crippen molar-refractivity contribution in [3.8, 4) is 22.5 Å². The second kappa shape index (κ2) is 7.52. The highest BCUT2D eigenvalue weighted by Gasteiger charge is 2.28. The summed E-state index contributed by atoms with van der Waals surface area (Å²) in [7, 11) is 1.84. The zero-order valence-electron chi connectivity index (χ0n) is 17.3. The second-order valence-electron chi connectivity index (χ2n) is 7.62. The Morgan fingerprint density at radius 1 is 1.06 bits per heavy atom. The third-order valence-electron chi connectivity index (χ3n) is 5.58. The lowest BCUT2D eigenvalue weighted by atomic mass is 10.0. The molecular weight excluding hydrogens is 415 g/mol. The number of nitrogen functional groups attached to an aromatic ring is 1. The van der Waals surface area contributed by atoms with E-state index >= 15 is 0 Å². The molecule has 3 N–H and O–H groups in total. The van der Waals surface area contributed by atoms with Gasteiger partial charge >= 0.3 is 6.09 Å². The van der Waals surface area contributed by atoms with Crippen LogP contribution in [0, 0.1) is 5.82 Å². The molecule has 32 heavy (non-hydrogen) atoms. The van der Waals surface area contributed by atoms with E-state index in [1.165, 1.54) is 17.0 Å². The van der Waals surface area contributed by atoms with Gasteiger partial charge in [-0.3, -0.25) is 4.68 Å². The molecular formula is C21H21FN8O2. The molecule has 1 amide bonds. The van der Waals surface area contributed by atoms with E-state index in [1.807, 2.05) is 19.2 Å². The smallest absolute Gasteiger partial charge is 0.407 e. The summed E-state index contributed by atoms with van der Waals surface area (Å²) in [4.78, 5) is 19.0. The highest BCUT2D eigenvalue weighted by atomic mass is 19.1. The summed E-state index contributed by atoms with van der Waals surface area (Å²) in [6.07, 6.45) is 0.713. The van der Waals surface area contributed by atoms with Crippen LogP contribution in [0.15, 0.2) is 42.6 Å². The van der Waals surface area contributed by atoms with Crippen LogP contribution in [0.3, 0.4) is 0 Å². The van der Waals surface area contributed by atoms with Gasteiger partial charge in [-0.15, -0.1) is 0 Å². The Morgan fingerprint density at radius 3 is 2.47 bits per heavy atom. The number of carboxylic acid groups (broad SMARTS) is 1. The number of amides is 1. The lowest BCUT2D eigenvalue weighted by molar-refractivity contribution is 0.142. The number of nitrogens with zero attached hydrogens (tertiary/aromatic N) is 7. The Hall–Kier alpha value is -4.15. The highest BCUT2D eigenvalue weighted by Crippen LogP contribution is 2.39. The number of aryl methyl sites for hydroxylation is 1. The molecule has 0 bridgehead atoms. The fourth-order valence-corrected chi connectivity index (χ4v) is 4.07. The molecule has 4 aromatic rings. The lowest BCUT2D eigenvalue weighted by Gasteiger charge is -2.34. The molecule has 10 nitrogen and oxygen atoms in total. The summed E-state index contributed by atoms with van der Waals surface area (Å²) in [5.74, 6) is 0.851. The molecule has 0 spiro atoms. The van der Waals surface area contributed by atoms with Crippen LogP contribution < -0.4 is 10.6 Å². The third-order valence-corrected chi connectivity index (χ3v) is 5.58. The monoisotopic (exact) mass is 436 g/mol. The Balaban J connectivity index is 1.66. The number of hydrogen-bond acceptors (Lipinski definition) is 6. The van der Waals surface area contributed by atoms with Crippen molar-refractivity contribution in [3.05, 3.63) is 48.4 Å². The predicted molar refractivity (Wildman–Crippen MR) is 117 cm³/mol. The Kier molecular flexibility index (Phi) is 4.65. The number of nitrogens with two attached hydrogens (primary N) is 1. The summed E-state index contributed by atoms with van der Waals surface area (Å²) < 4.78 is 16.9. The van der Waals surface area contributed by atoms with Gasteiger partial charge in [0.25, 0.3) is 0 Å². The number of rotatable bonds is 3. The maximum atomic E-state index is 13.6. The summed E-state index contributed by atoms with van der Waals surface area (Å²) in [5, 5.41) is 18.7. The first-order chi connectivity index (χ1) is 15.4. The number of carbonyl (C=O) groups is 1. The lowest BCUT2D eigenvalue weighted by Crippen LogP contribution is -2.49. The van der Waals surface area contributed by atoms with Gasteiger partial charge in [-0.2, -0.15) is 10.2 Å². The molecule has 164 valence electrons. The van der Waals surface area contributed by atoms with E-state index in [9.17, 15) is 14.3 Å².